The van der Waals surface area contributed by atoms with Crippen LogP contribution in [0.3, 0.4) is 0 Å². The van der Waals surface area contributed by atoms with Crippen LogP contribution in [0.4, 0.5) is 0 Å². The Kier molecular flexibility index (Phi) is 16.2. The molecular weight excluding hydrogens is 556 g/mol. The van der Waals surface area contributed by atoms with Crippen molar-refractivity contribution in [2.75, 3.05) is 13.2 Å². The normalized spacial score (nSPS) is 13.4. The number of aryl methyl sites for hydroxylation is 2. The summed E-state index contributed by atoms with van der Waals surface area (Å²) in [5, 5.41) is 20.2. The summed E-state index contributed by atoms with van der Waals surface area (Å²) in [5.41, 5.74) is 0.117. The van der Waals surface area contributed by atoms with E-state index in [1.54, 1.807) is 4.57 Å². The van der Waals surface area contributed by atoms with Gasteiger partial charge in [0.1, 0.15) is 0 Å². The number of imidazole rings is 2. The fraction of sp³-hybridized carbons (Fsp3) is 0.771. The first-order valence-corrected chi connectivity index (χ1v) is 17.3. The number of hydrogen-bond acceptors (Lipinski definition) is 5. The summed E-state index contributed by atoms with van der Waals surface area (Å²) in [7, 11) is 0. The molecule has 0 radical (unpaired) electrons. The van der Waals surface area contributed by atoms with Crippen molar-refractivity contribution < 1.29 is 14.9 Å². The van der Waals surface area contributed by atoms with E-state index in [1.807, 2.05) is 13.8 Å². The van der Waals surface area contributed by atoms with Crippen molar-refractivity contribution in [3.8, 4) is 11.8 Å². The van der Waals surface area contributed by atoms with E-state index in [-0.39, 0.29) is 28.6 Å². The molecule has 0 amide bonds. The van der Waals surface area contributed by atoms with Crippen LogP contribution in [0.25, 0.3) is 0 Å². The van der Waals surface area contributed by atoms with Crippen LogP contribution in [0, 0.1) is 10.8 Å². The van der Waals surface area contributed by atoms with Crippen LogP contribution in [-0.4, -0.2) is 41.7 Å². The molecule has 0 saturated heterocycles. The Balaban J connectivity index is 1.64. The van der Waals surface area contributed by atoms with Gasteiger partial charge in [-0.1, -0.05) is 59.0 Å². The molecule has 1 atom stereocenters. The molecule has 2 rings (SSSR count). The molecule has 0 fully saturated rings. The van der Waals surface area contributed by atoms with Crippen molar-refractivity contribution >= 4 is 0 Å². The van der Waals surface area contributed by atoms with E-state index in [4.69, 9.17) is 4.74 Å². The molecule has 0 saturated carbocycles. The lowest BCUT2D eigenvalue weighted by atomic mass is 9.74. The quantitative estimate of drug-likeness (QED) is 0.0888. The summed E-state index contributed by atoms with van der Waals surface area (Å²) < 4.78 is 12.0. The van der Waals surface area contributed by atoms with Crippen molar-refractivity contribution in [2.45, 2.75) is 151 Å². The molecule has 9 nitrogen and oxygen atoms in total. The Hall–Kier alpha value is -2.68. The number of aromatic hydroxyl groups is 2. The molecule has 9 heteroatoms. The van der Waals surface area contributed by atoms with Crippen LogP contribution < -0.4 is 11.4 Å². The van der Waals surface area contributed by atoms with E-state index in [2.05, 4.69) is 33.4 Å². The fourth-order valence-corrected chi connectivity index (χ4v) is 6.66. The molecule has 2 aromatic rings. The van der Waals surface area contributed by atoms with Crippen molar-refractivity contribution in [2.24, 2.45) is 10.8 Å². The van der Waals surface area contributed by atoms with E-state index < -0.39 is 0 Å². The summed E-state index contributed by atoms with van der Waals surface area (Å²) in [6.45, 7) is 18.5. The predicted molar refractivity (Wildman–Crippen MR) is 180 cm³/mol. The topological polar surface area (TPSA) is 104 Å². The lowest BCUT2D eigenvalue weighted by Crippen LogP contribution is -2.25. The molecule has 0 bridgehead atoms. The SMILES string of the molecule is C=CC(CC)(CCCCOCCCCC(CC)(CC)CCCCn1c(O)cn(CC)c1=O)CCCn1c(O)cn(CC)c1=O. The third-order valence-electron chi connectivity index (χ3n) is 10.2. The van der Waals surface area contributed by atoms with Crippen LogP contribution in [0.5, 0.6) is 11.8 Å². The number of allylic oxidation sites excluding steroid dienone is 1. The highest BCUT2D eigenvalue weighted by Crippen LogP contribution is 2.38. The third kappa shape index (κ3) is 10.5. The van der Waals surface area contributed by atoms with Gasteiger partial charge in [0.05, 0.1) is 12.4 Å². The molecule has 252 valence electrons. The molecule has 1 unspecified atom stereocenters. The van der Waals surface area contributed by atoms with Gasteiger partial charge in [-0.05, 0) is 82.5 Å². The minimum absolute atomic E-state index is 0.0416. The van der Waals surface area contributed by atoms with Gasteiger partial charge in [-0.25, -0.2) is 9.59 Å². The summed E-state index contributed by atoms with van der Waals surface area (Å²) in [5.74, 6) is 0.106. The van der Waals surface area contributed by atoms with Gasteiger partial charge in [-0.2, -0.15) is 0 Å². The van der Waals surface area contributed by atoms with Gasteiger partial charge in [0.2, 0.25) is 11.8 Å². The summed E-state index contributed by atoms with van der Waals surface area (Å²) >= 11 is 0. The van der Waals surface area contributed by atoms with Crippen LogP contribution in [0.1, 0.15) is 125 Å². The maximum Gasteiger partial charge on any atom is 0.331 e. The van der Waals surface area contributed by atoms with Crippen molar-refractivity contribution in [3.05, 3.63) is 46.0 Å². The standard InChI is InChI=1S/C35H62N4O5/c1-7-34(8-2,20-13-16-24-38-30(40)28-36(11-5)32(38)42)21-14-17-26-44-27-18-15-22-35(9-3,10-4)23-19-25-39-31(41)29-37(12-6)33(39)43/h9,28-29,40-41H,3,7-8,10-27H2,1-2,4-6H3. The van der Waals surface area contributed by atoms with E-state index in [0.717, 1.165) is 96.7 Å². The lowest BCUT2D eigenvalue weighted by Gasteiger charge is -2.32. The monoisotopic (exact) mass is 618 g/mol. The van der Waals surface area contributed by atoms with Crippen LogP contribution in [-0.2, 0) is 30.9 Å². The summed E-state index contributed by atoms with van der Waals surface area (Å²) in [4.78, 5) is 24.7. The Morgan fingerprint density at radius 1 is 0.682 bits per heavy atom. The van der Waals surface area contributed by atoms with Gasteiger partial charge in [-0.3, -0.25) is 18.3 Å². The molecule has 0 aromatic carbocycles. The maximum atomic E-state index is 12.4. The van der Waals surface area contributed by atoms with E-state index in [9.17, 15) is 19.8 Å². The van der Waals surface area contributed by atoms with Crippen LogP contribution >= 0.6 is 0 Å². The van der Waals surface area contributed by atoms with Gasteiger partial charge >= 0.3 is 11.4 Å². The first-order chi connectivity index (χ1) is 21.1. The fourth-order valence-electron chi connectivity index (χ4n) is 6.66. The van der Waals surface area contributed by atoms with Crippen LogP contribution in [0.15, 0.2) is 34.6 Å². The van der Waals surface area contributed by atoms with Gasteiger partial charge in [0, 0.05) is 39.4 Å². The largest absolute Gasteiger partial charge is 0.493 e. The second kappa shape index (κ2) is 19.0. The first kappa shape index (κ1) is 37.5. The zero-order chi connectivity index (χ0) is 32.6. The highest BCUT2D eigenvalue weighted by molar-refractivity contribution is 5.06. The molecular formula is C35H62N4O5. The van der Waals surface area contributed by atoms with Gasteiger partial charge < -0.3 is 14.9 Å². The minimum atomic E-state index is -0.145. The number of nitrogens with zero attached hydrogens (tertiary/aromatic N) is 4. The van der Waals surface area contributed by atoms with Gasteiger partial charge in [0.25, 0.3) is 0 Å². The number of rotatable bonds is 25. The molecule has 2 heterocycles. The average molecular weight is 619 g/mol. The highest BCUT2D eigenvalue weighted by atomic mass is 16.5. The second-order valence-electron chi connectivity index (χ2n) is 12.6. The van der Waals surface area contributed by atoms with Gasteiger partial charge in [-0.15, -0.1) is 6.58 Å². The first-order valence-electron chi connectivity index (χ1n) is 17.3. The molecule has 0 aliphatic rings. The third-order valence-corrected chi connectivity index (χ3v) is 10.2. The number of unbranched alkanes of at least 4 members (excludes halogenated alkanes) is 3. The average Bonchev–Trinajstić information content (AvgIpc) is 3.48. The Morgan fingerprint density at radius 2 is 1.14 bits per heavy atom. The Labute approximate surface area is 265 Å². The molecule has 0 aliphatic carbocycles. The number of ether oxygens (including phenoxy) is 1. The molecule has 0 aliphatic heterocycles. The summed E-state index contributed by atoms with van der Waals surface area (Å²) in [6, 6.07) is 0. The van der Waals surface area contributed by atoms with E-state index >= 15 is 0 Å². The van der Waals surface area contributed by atoms with E-state index in [1.165, 1.54) is 32.5 Å². The zero-order valence-corrected chi connectivity index (χ0v) is 28.5. The minimum Gasteiger partial charge on any atom is -0.493 e. The molecule has 0 spiro atoms. The van der Waals surface area contributed by atoms with Crippen molar-refractivity contribution in [1.82, 2.24) is 18.3 Å². The van der Waals surface area contributed by atoms with E-state index in [0.29, 0.717) is 31.6 Å². The molecule has 2 N–H and O–H groups in total. The van der Waals surface area contributed by atoms with Gasteiger partial charge in [0.15, 0.2) is 0 Å². The van der Waals surface area contributed by atoms with Crippen molar-refractivity contribution in [1.29, 1.82) is 0 Å². The molecule has 2 aromatic heterocycles. The number of hydrogen-bond donors (Lipinski definition) is 2. The lowest BCUT2D eigenvalue weighted by molar-refractivity contribution is 0.116. The van der Waals surface area contributed by atoms with Crippen molar-refractivity contribution in [3.63, 3.8) is 0 Å². The number of aromatic nitrogens is 4. The maximum absolute atomic E-state index is 12.4. The smallest absolute Gasteiger partial charge is 0.331 e. The Bertz CT molecular complexity index is 1220. The summed E-state index contributed by atoms with van der Waals surface area (Å²) in [6.07, 6.45) is 19.9. The second-order valence-corrected chi connectivity index (χ2v) is 12.6. The highest BCUT2D eigenvalue weighted by Gasteiger charge is 2.26. The predicted octanol–water partition coefficient (Wildman–Crippen LogP) is 7.46. The zero-order valence-electron chi connectivity index (χ0n) is 28.5. The molecule has 44 heavy (non-hydrogen) atoms. The van der Waals surface area contributed by atoms with Crippen LogP contribution in [0.2, 0.25) is 0 Å². The Morgan fingerprint density at radius 3 is 1.57 bits per heavy atom.